The van der Waals surface area contributed by atoms with Gasteiger partial charge in [-0.05, 0) is 19.3 Å². The Hall–Kier alpha value is -1.81. The molecule has 1 unspecified atom stereocenters. The summed E-state index contributed by atoms with van der Waals surface area (Å²) in [5.74, 6) is 0.278. The Morgan fingerprint density at radius 3 is 2.59 bits per heavy atom. The number of nitrogens with one attached hydrogen (secondary N) is 1. The lowest BCUT2D eigenvalue weighted by atomic mass is 9.91. The van der Waals surface area contributed by atoms with Gasteiger partial charge in [0.2, 0.25) is 5.91 Å². The first-order valence-electron chi connectivity index (χ1n) is 12.4. The molecule has 1 amide bonds. The topological polar surface area (TPSA) is 79.8 Å². The Labute approximate surface area is 189 Å². The van der Waals surface area contributed by atoms with Crippen LogP contribution in [0.25, 0.3) is 0 Å². The second kappa shape index (κ2) is 8.85. The summed E-state index contributed by atoms with van der Waals surface area (Å²) in [7, 11) is 0. The smallest absolute Gasteiger partial charge is 0.236 e. The number of nitrogens with zero attached hydrogens (tertiary/aromatic N) is 6. The third kappa shape index (κ3) is 4.00. The van der Waals surface area contributed by atoms with Crippen molar-refractivity contribution in [3.05, 3.63) is 22.1 Å². The van der Waals surface area contributed by atoms with Crippen LogP contribution in [0.15, 0.2) is 9.98 Å². The molecule has 9 heteroatoms. The van der Waals surface area contributed by atoms with E-state index in [1.807, 2.05) is 0 Å². The lowest BCUT2D eigenvalue weighted by molar-refractivity contribution is -0.135. The van der Waals surface area contributed by atoms with Crippen molar-refractivity contribution in [3.63, 3.8) is 0 Å². The van der Waals surface area contributed by atoms with E-state index >= 15 is 0 Å². The van der Waals surface area contributed by atoms with Gasteiger partial charge in [0.05, 0.1) is 26.3 Å². The van der Waals surface area contributed by atoms with Gasteiger partial charge in [-0.15, -0.1) is 0 Å². The molecule has 1 aromatic rings. The SMILES string of the molecule is O=C(CN1CCc2c([nH]c3c2=NCC(N2CCOCC2)N=3)C1)N1CCN(C2CCC2)CC1. The third-order valence-electron chi connectivity index (χ3n) is 7.98. The Morgan fingerprint density at radius 1 is 1.03 bits per heavy atom. The van der Waals surface area contributed by atoms with Gasteiger partial charge in [0.25, 0.3) is 0 Å². The van der Waals surface area contributed by atoms with Crippen molar-refractivity contribution < 1.29 is 9.53 Å². The Morgan fingerprint density at radius 2 is 1.84 bits per heavy atom. The maximum atomic E-state index is 13.0. The van der Waals surface area contributed by atoms with Gasteiger partial charge in [0, 0.05) is 69.7 Å². The molecule has 6 rings (SSSR count). The van der Waals surface area contributed by atoms with Crippen LogP contribution in [0.1, 0.15) is 30.5 Å². The van der Waals surface area contributed by atoms with Crippen molar-refractivity contribution in [1.29, 1.82) is 0 Å². The van der Waals surface area contributed by atoms with E-state index < -0.39 is 0 Å². The molecule has 174 valence electrons. The van der Waals surface area contributed by atoms with E-state index in [0.717, 1.165) is 95.4 Å². The molecule has 3 fully saturated rings. The van der Waals surface area contributed by atoms with Crippen molar-refractivity contribution in [2.24, 2.45) is 9.98 Å². The number of ether oxygens (including phenoxy) is 1. The van der Waals surface area contributed by atoms with Crippen molar-refractivity contribution in [1.82, 2.24) is 24.6 Å². The molecule has 4 aliphatic heterocycles. The fourth-order valence-electron chi connectivity index (χ4n) is 5.75. The van der Waals surface area contributed by atoms with Crippen molar-refractivity contribution in [2.75, 3.05) is 72.1 Å². The maximum Gasteiger partial charge on any atom is 0.236 e. The predicted molar refractivity (Wildman–Crippen MR) is 119 cm³/mol. The van der Waals surface area contributed by atoms with Crippen LogP contribution in [-0.2, 0) is 22.5 Å². The van der Waals surface area contributed by atoms with Crippen LogP contribution in [0.3, 0.4) is 0 Å². The molecule has 1 N–H and O–H groups in total. The Balaban J connectivity index is 1.07. The highest BCUT2D eigenvalue weighted by molar-refractivity contribution is 5.78. The number of H-pyrrole nitrogens is 1. The molecule has 0 radical (unpaired) electrons. The van der Waals surface area contributed by atoms with E-state index in [1.54, 1.807) is 0 Å². The highest BCUT2D eigenvalue weighted by atomic mass is 16.5. The van der Waals surface area contributed by atoms with Gasteiger partial charge >= 0.3 is 0 Å². The van der Waals surface area contributed by atoms with E-state index in [2.05, 4.69) is 24.6 Å². The van der Waals surface area contributed by atoms with Gasteiger partial charge in [0.1, 0.15) is 11.5 Å². The highest BCUT2D eigenvalue weighted by Gasteiger charge is 2.31. The van der Waals surface area contributed by atoms with Crippen LogP contribution in [0, 0.1) is 0 Å². The van der Waals surface area contributed by atoms with Crippen molar-refractivity contribution in [3.8, 4) is 0 Å². The number of amides is 1. The number of carbonyl (C=O) groups is 1. The van der Waals surface area contributed by atoms with E-state index in [1.165, 1.54) is 30.5 Å². The lowest BCUT2D eigenvalue weighted by Crippen LogP contribution is -2.55. The summed E-state index contributed by atoms with van der Waals surface area (Å²) in [6.07, 6.45) is 5.11. The number of aromatic amines is 1. The van der Waals surface area contributed by atoms with Gasteiger partial charge in [-0.1, -0.05) is 6.42 Å². The van der Waals surface area contributed by atoms with Crippen LogP contribution in [0.2, 0.25) is 0 Å². The first kappa shape index (κ1) is 20.8. The maximum absolute atomic E-state index is 13.0. The molecular weight excluding hydrogens is 406 g/mol. The van der Waals surface area contributed by atoms with Gasteiger partial charge in [-0.2, -0.15) is 0 Å². The zero-order chi connectivity index (χ0) is 21.5. The van der Waals surface area contributed by atoms with Gasteiger partial charge < -0.3 is 14.6 Å². The fraction of sp³-hybridized carbons (Fsp3) is 0.783. The van der Waals surface area contributed by atoms with Crippen LogP contribution in [0.5, 0.6) is 0 Å². The molecule has 0 aromatic carbocycles. The van der Waals surface area contributed by atoms with Crippen LogP contribution in [0.4, 0.5) is 0 Å². The molecular formula is C23H35N7O2. The third-order valence-corrected chi connectivity index (χ3v) is 7.98. The largest absolute Gasteiger partial charge is 0.379 e. The van der Waals surface area contributed by atoms with Crippen LogP contribution in [-0.4, -0.2) is 115 Å². The van der Waals surface area contributed by atoms with E-state index in [4.69, 9.17) is 14.7 Å². The number of piperazine rings is 1. The number of hydrogen-bond acceptors (Lipinski definition) is 7. The molecule has 1 saturated carbocycles. The van der Waals surface area contributed by atoms with Gasteiger partial charge in [-0.3, -0.25) is 24.5 Å². The van der Waals surface area contributed by atoms with Crippen LogP contribution >= 0.6 is 0 Å². The Bertz CT molecular complexity index is 958. The van der Waals surface area contributed by atoms with Crippen molar-refractivity contribution >= 4 is 5.91 Å². The standard InChI is InChI=1S/C23H35N7O2/c31-21(30-8-6-28(7-9-30)17-2-1-3-17)16-27-5-4-18-19(15-27)25-23-22(18)24-14-20(26-23)29-10-12-32-13-11-29/h17,20H,1-16H2,(H,25,26). The lowest BCUT2D eigenvalue weighted by Gasteiger charge is -2.43. The normalized spacial score (nSPS) is 27.8. The highest BCUT2D eigenvalue weighted by Crippen LogP contribution is 2.25. The van der Waals surface area contributed by atoms with E-state index in [-0.39, 0.29) is 12.1 Å². The summed E-state index contributed by atoms with van der Waals surface area (Å²) in [5.41, 5.74) is 3.43. The molecule has 1 aliphatic carbocycles. The summed E-state index contributed by atoms with van der Waals surface area (Å²) in [6.45, 7) is 10.2. The van der Waals surface area contributed by atoms with Crippen LogP contribution < -0.4 is 10.8 Å². The predicted octanol–water partition coefficient (Wildman–Crippen LogP) is -1.02. The summed E-state index contributed by atoms with van der Waals surface area (Å²) in [5, 5.41) is 1.06. The monoisotopic (exact) mass is 441 g/mol. The summed E-state index contributed by atoms with van der Waals surface area (Å²) in [4.78, 5) is 35.7. The average molecular weight is 442 g/mol. The minimum absolute atomic E-state index is 0.114. The molecule has 0 spiro atoms. The number of rotatable bonds is 4. The first-order chi connectivity index (χ1) is 15.7. The molecule has 0 bridgehead atoms. The number of fused-ring (bicyclic) bond motifs is 3. The van der Waals surface area contributed by atoms with Crippen molar-refractivity contribution in [2.45, 2.75) is 44.4 Å². The minimum atomic E-state index is 0.114. The number of aromatic nitrogens is 1. The van der Waals surface area contributed by atoms with Gasteiger partial charge in [-0.25, -0.2) is 4.99 Å². The zero-order valence-electron chi connectivity index (χ0n) is 19.0. The molecule has 9 nitrogen and oxygen atoms in total. The molecule has 2 saturated heterocycles. The number of carbonyl (C=O) groups excluding carboxylic acids is 1. The minimum Gasteiger partial charge on any atom is -0.379 e. The molecule has 5 aliphatic rings. The molecule has 5 heterocycles. The molecule has 1 aromatic heterocycles. The number of hydrogen-bond donors (Lipinski definition) is 1. The quantitative estimate of drug-likeness (QED) is 0.647. The van der Waals surface area contributed by atoms with E-state index in [9.17, 15) is 4.79 Å². The van der Waals surface area contributed by atoms with E-state index in [0.29, 0.717) is 6.54 Å². The zero-order valence-corrected chi connectivity index (χ0v) is 19.0. The van der Waals surface area contributed by atoms with Gasteiger partial charge in [0.15, 0.2) is 5.49 Å². The number of morpholine rings is 1. The fourth-order valence-corrected chi connectivity index (χ4v) is 5.75. The summed E-state index contributed by atoms with van der Waals surface area (Å²) in [6, 6.07) is 0.783. The summed E-state index contributed by atoms with van der Waals surface area (Å²) >= 11 is 0. The second-order valence-corrected chi connectivity index (χ2v) is 9.84. The molecule has 1 atom stereocenters. The Kier molecular flexibility index (Phi) is 5.75. The molecule has 32 heavy (non-hydrogen) atoms. The second-order valence-electron chi connectivity index (χ2n) is 9.84. The first-order valence-corrected chi connectivity index (χ1v) is 12.4. The summed E-state index contributed by atoms with van der Waals surface area (Å²) < 4.78 is 5.48. The average Bonchev–Trinajstić information content (AvgIpc) is 3.16.